The number of esters is 1. The van der Waals surface area contributed by atoms with Crippen molar-refractivity contribution in [3.05, 3.63) is 45.1 Å². The zero-order chi connectivity index (χ0) is 20.1. The minimum atomic E-state index is -0.411. The molecule has 0 aliphatic heterocycles. The number of thiazole rings is 1. The maximum absolute atomic E-state index is 12.5. The quantitative estimate of drug-likeness (QED) is 0.416. The second kappa shape index (κ2) is 9.01. The highest BCUT2D eigenvalue weighted by Crippen LogP contribution is 2.26. The topological polar surface area (TPSA) is 72.6 Å². The van der Waals surface area contributed by atoms with Crippen molar-refractivity contribution >= 4 is 34.0 Å². The summed E-state index contributed by atoms with van der Waals surface area (Å²) in [5.74, 6) is -0.242. The molecule has 2 heterocycles. The van der Waals surface area contributed by atoms with Gasteiger partial charge in [0, 0.05) is 42.0 Å². The highest BCUT2D eigenvalue weighted by atomic mass is 32.1. The minimum absolute atomic E-state index is 0.242. The van der Waals surface area contributed by atoms with Gasteiger partial charge in [-0.15, -0.1) is 11.3 Å². The molecule has 148 valence electrons. The Balaban J connectivity index is 1.86. The van der Waals surface area contributed by atoms with E-state index in [4.69, 9.17) is 9.15 Å². The number of rotatable bonds is 8. The van der Waals surface area contributed by atoms with Gasteiger partial charge in [-0.05, 0) is 39.0 Å². The molecule has 3 aromatic rings. The largest absolute Gasteiger partial charge is 0.466 e. The molecule has 0 radical (unpaired) electrons. The molecule has 0 aliphatic rings. The lowest BCUT2D eigenvalue weighted by Gasteiger charge is -2.20. The molecule has 0 saturated carbocycles. The lowest BCUT2D eigenvalue weighted by Crippen LogP contribution is -2.21. The van der Waals surface area contributed by atoms with Crippen molar-refractivity contribution in [2.45, 2.75) is 33.6 Å². The van der Waals surface area contributed by atoms with Crippen molar-refractivity contribution in [2.24, 2.45) is 0 Å². The predicted molar refractivity (Wildman–Crippen MR) is 112 cm³/mol. The summed E-state index contributed by atoms with van der Waals surface area (Å²) in [5.41, 5.74) is 2.19. The van der Waals surface area contributed by atoms with E-state index in [1.807, 2.05) is 29.6 Å². The molecule has 0 fully saturated rings. The molecule has 2 aromatic heterocycles. The van der Waals surface area contributed by atoms with Gasteiger partial charge >= 0.3 is 11.6 Å². The first-order valence-electron chi connectivity index (χ1n) is 9.48. The summed E-state index contributed by atoms with van der Waals surface area (Å²) in [6.07, 6.45) is 0.775. The van der Waals surface area contributed by atoms with Gasteiger partial charge in [-0.25, -0.2) is 9.78 Å². The van der Waals surface area contributed by atoms with E-state index in [1.54, 1.807) is 6.92 Å². The van der Waals surface area contributed by atoms with Gasteiger partial charge in [-0.3, -0.25) is 4.79 Å². The van der Waals surface area contributed by atoms with Gasteiger partial charge in [0.2, 0.25) is 0 Å². The van der Waals surface area contributed by atoms with Crippen LogP contribution in [-0.4, -0.2) is 30.6 Å². The third-order valence-electron chi connectivity index (χ3n) is 4.52. The number of carbonyl (C=O) groups is 1. The van der Waals surface area contributed by atoms with Gasteiger partial charge < -0.3 is 14.1 Å². The minimum Gasteiger partial charge on any atom is -0.466 e. The van der Waals surface area contributed by atoms with Crippen molar-refractivity contribution in [3.63, 3.8) is 0 Å². The molecule has 3 rings (SSSR count). The Morgan fingerprint density at radius 3 is 2.71 bits per heavy atom. The fraction of sp³-hybridized carbons (Fsp3) is 0.381. The first kappa shape index (κ1) is 20.1. The molecule has 0 atom stereocenters. The first-order valence-corrected chi connectivity index (χ1v) is 10.4. The molecule has 7 heteroatoms. The fourth-order valence-corrected chi connectivity index (χ4v) is 3.85. The van der Waals surface area contributed by atoms with E-state index in [0.29, 0.717) is 29.9 Å². The monoisotopic (exact) mass is 400 g/mol. The molecule has 28 heavy (non-hydrogen) atoms. The van der Waals surface area contributed by atoms with Crippen LogP contribution in [0.3, 0.4) is 0 Å². The Morgan fingerprint density at radius 2 is 2.00 bits per heavy atom. The number of anilines is 1. The SMILES string of the molecule is CCOC(=O)CCc1nc(-c2cc3ccc(N(CC)CC)cc3oc2=O)cs1. The molecule has 0 amide bonds. The van der Waals surface area contributed by atoms with Crippen LogP contribution >= 0.6 is 11.3 Å². The number of hydrogen-bond donors (Lipinski definition) is 0. The van der Waals surface area contributed by atoms with Crippen LogP contribution in [0.15, 0.2) is 38.9 Å². The number of fused-ring (bicyclic) bond motifs is 1. The van der Waals surface area contributed by atoms with Crippen LogP contribution in [0, 0.1) is 0 Å². The molecule has 0 spiro atoms. The molecular weight excluding hydrogens is 376 g/mol. The molecule has 6 nitrogen and oxygen atoms in total. The van der Waals surface area contributed by atoms with E-state index in [-0.39, 0.29) is 12.4 Å². The Morgan fingerprint density at radius 1 is 1.21 bits per heavy atom. The smallest absolute Gasteiger partial charge is 0.345 e. The van der Waals surface area contributed by atoms with E-state index in [1.165, 1.54) is 11.3 Å². The number of carbonyl (C=O) groups excluding carboxylic acids is 1. The van der Waals surface area contributed by atoms with Crippen LogP contribution in [0.25, 0.3) is 22.2 Å². The predicted octanol–water partition coefficient (Wildman–Crippen LogP) is 4.26. The average molecular weight is 401 g/mol. The lowest BCUT2D eigenvalue weighted by atomic mass is 10.1. The Hall–Kier alpha value is -2.67. The summed E-state index contributed by atoms with van der Waals surface area (Å²) in [6.45, 7) is 8.11. The maximum atomic E-state index is 12.5. The zero-order valence-electron chi connectivity index (χ0n) is 16.4. The molecule has 0 unspecified atom stereocenters. The summed E-state index contributed by atoms with van der Waals surface area (Å²) in [6, 6.07) is 7.71. The van der Waals surface area contributed by atoms with E-state index < -0.39 is 5.63 Å². The number of hydrogen-bond acceptors (Lipinski definition) is 7. The number of nitrogens with zero attached hydrogens (tertiary/aromatic N) is 2. The summed E-state index contributed by atoms with van der Waals surface area (Å²) < 4.78 is 10.5. The molecule has 0 aliphatic carbocycles. The third-order valence-corrected chi connectivity index (χ3v) is 5.43. The Bertz CT molecular complexity index is 1020. The second-order valence-electron chi connectivity index (χ2n) is 6.27. The summed E-state index contributed by atoms with van der Waals surface area (Å²) in [4.78, 5) is 30.7. The number of aromatic nitrogens is 1. The average Bonchev–Trinajstić information content (AvgIpc) is 3.16. The van der Waals surface area contributed by atoms with Crippen LogP contribution in [0.1, 0.15) is 32.2 Å². The standard InChI is InChI=1S/C21H24N2O4S/c1-4-23(5-2)15-8-7-14-11-16(21(25)27-18(14)12-15)17-13-28-19(22-17)9-10-20(24)26-6-3/h7-8,11-13H,4-6,9-10H2,1-3H3. The highest BCUT2D eigenvalue weighted by molar-refractivity contribution is 7.09. The van der Waals surface area contributed by atoms with Crippen LogP contribution in [0.2, 0.25) is 0 Å². The Labute approximate surface area is 167 Å². The van der Waals surface area contributed by atoms with E-state index in [0.717, 1.165) is 29.2 Å². The highest BCUT2D eigenvalue weighted by Gasteiger charge is 2.14. The van der Waals surface area contributed by atoms with Crippen molar-refractivity contribution in [1.29, 1.82) is 0 Å². The van der Waals surface area contributed by atoms with Gasteiger partial charge in [-0.1, -0.05) is 0 Å². The van der Waals surface area contributed by atoms with Gasteiger partial charge in [0.15, 0.2) is 0 Å². The third kappa shape index (κ3) is 4.42. The molecular formula is C21H24N2O4S. The van der Waals surface area contributed by atoms with Crippen LogP contribution in [0.5, 0.6) is 0 Å². The number of aryl methyl sites for hydroxylation is 1. The van der Waals surface area contributed by atoms with Gasteiger partial charge in [0.1, 0.15) is 5.58 Å². The first-order chi connectivity index (χ1) is 13.5. The van der Waals surface area contributed by atoms with E-state index in [9.17, 15) is 9.59 Å². The van der Waals surface area contributed by atoms with E-state index in [2.05, 4.69) is 23.7 Å². The molecule has 1 aromatic carbocycles. The van der Waals surface area contributed by atoms with Crippen LogP contribution in [0.4, 0.5) is 5.69 Å². The van der Waals surface area contributed by atoms with Crippen molar-refractivity contribution in [2.75, 3.05) is 24.6 Å². The maximum Gasteiger partial charge on any atom is 0.345 e. The lowest BCUT2D eigenvalue weighted by molar-refractivity contribution is -0.143. The van der Waals surface area contributed by atoms with Gasteiger partial charge in [-0.2, -0.15) is 0 Å². The van der Waals surface area contributed by atoms with Crippen molar-refractivity contribution in [1.82, 2.24) is 4.98 Å². The molecule has 0 saturated heterocycles. The summed E-state index contributed by atoms with van der Waals surface area (Å²) in [7, 11) is 0. The van der Waals surface area contributed by atoms with E-state index >= 15 is 0 Å². The number of benzene rings is 1. The summed E-state index contributed by atoms with van der Waals surface area (Å²) in [5, 5.41) is 3.47. The van der Waals surface area contributed by atoms with Gasteiger partial charge in [0.05, 0.1) is 29.3 Å². The normalized spacial score (nSPS) is 11.0. The van der Waals surface area contributed by atoms with Crippen LogP contribution in [-0.2, 0) is 16.0 Å². The zero-order valence-corrected chi connectivity index (χ0v) is 17.2. The molecule has 0 bridgehead atoms. The van der Waals surface area contributed by atoms with Crippen LogP contribution < -0.4 is 10.5 Å². The summed E-state index contributed by atoms with van der Waals surface area (Å²) >= 11 is 1.42. The van der Waals surface area contributed by atoms with Crippen molar-refractivity contribution in [3.8, 4) is 11.3 Å². The van der Waals surface area contributed by atoms with Gasteiger partial charge in [0.25, 0.3) is 0 Å². The fourth-order valence-electron chi connectivity index (χ4n) is 3.06. The molecule has 0 N–H and O–H groups in total. The second-order valence-corrected chi connectivity index (χ2v) is 7.22. The Kier molecular flexibility index (Phi) is 6.46. The number of ether oxygens (including phenoxy) is 1. The van der Waals surface area contributed by atoms with Crippen molar-refractivity contribution < 1.29 is 13.9 Å².